The lowest BCUT2D eigenvalue weighted by molar-refractivity contribution is 0.378. The van der Waals surface area contributed by atoms with Crippen LogP contribution in [0, 0.1) is 5.92 Å². The highest BCUT2D eigenvalue weighted by Gasteiger charge is 2.48. The fourth-order valence-corrected chi connectivity index (χ4v) is 8.10. The summed E-state index contributed by atoms with van der Waals surface area (Å²) in [6.07, 6.45) is 1.14. The van der Waals surface area contributed by atoms with Crippen LogP contribution in [0.5, 0.6) is 0 Å². The van der Waals surface area contributed by atoms with Crippen LogP contribution in [0.1, 0.15) is 12.8 Å². The predicted molar refractivity (Wildman–Crippen MR) is 67.4 cm³/mol. The average Bonchev–Trinajstić information content (AvgIpc) is 2.90. The van der Waals surface area contributed by atoms with Gasteiger partial charge in [-0.05, 0) is 25.3 Å². The van der Waals surface area contributed by atoms with E-state index >= 15 is 0 Å². The molecule has 0 amide bonds. The van der Waals surface area contributed by atoms with Gasteiger partial charge in [-0.15, -0.1) is 0 Å². The Kier molecular flexibility index (Phi) is 2.96. The topological polar surface area (TPSA) is 83.5 Å². The van der Waals surface area contributed by atoms with Gasteiger partial charge in [0.1, 0.15) is 0 Å². The largest absolute Gasteiger partial charge is 0.315 e. The van der Waals surface area contributed by atoms with Crippen molar-refractivity contribution < 1.29 is 16.8 Å². The second-order valence-corrected chi connectivity index (χ2v) is 9.85. The molecule has 1 unspecified atom stereocenters. The summed E-state index contributed by atoms with van der Waals surface area (Å²) in [7, 11) is -6.60. The van der Waals surface area contributed by atoms with Crippen LogP contribution >= 0.6 is 0 Å². The number of hydrogen-bond acceptors (Lipinski definition) is 5. The fourth-order valence-electron chi connectivity index (χ4n) is 3.31. The van der Waals surface area contributed by atoms with Gasteiger partial charge in [0.15, 0.2) is 9.84 Å². The van der Waals surface area contributed by atoms with Crippen molar-refractivity contribution in [1.82, 2.24) is 9.62 Å². The number of nitrogens with one attached hydrogen (secondary N) is 1. The SMILES string of the molecule is O=S1(=O)CCC(S(=O)(=O)N2CC[C@H]3CNC[C@H]32)C1. The van der Waals surface area contributed by atoms with Crippen molar-refractivity contribution in [2.75, 3.05) is 31.1 Å². The van der Waals surface area contributed by atoms with E-state index in [1.165, 1.54) is 0 Å². The molecule has 3 saturated heterocycles. The van der Waals surface area contributed by atoms with Crippen LogP contribution in [0.3, 0.4) is 0 Å². The van der Waals surface area contributed by atoms with Gasteiger partial charge in [-0.25, -0.2) is 16.8 Å². The summed E-state index contributed by atoms with van der Waals surface area (Å²) in [6, 6.07) is 0.0401. The van der Waals surface area contributed by atoms with Gasteiger partial charge in [-0.3, -0.25) is 0 Å². The molecule has 3 aliphatic heterocycles. The van der Waals surface area contributed by atoms with Crippen LogP contribution < -0.4 is 5.32 Å². The molecule has 0 aromatic rings. The third-order valence-electron chi connectivity index (χ3n) is 4.33. The van der Waals surface area contributed by atoms with Gasteiger partial charge in [-0.1, -0.05) is 0 Å². The maximum atomic E-state index is 12.5. The van der Waals surface area contributed by atoms with Gasteiger partial charge >= 0.3 is 0 Å². The molecule has 0 aliphatic carbocycles. The number of hydrogen-bond donors (Lipinski definition) is 1. The summed E-state index contributed by atoms with van der Waals surface area (Å²) >= 11 is 0. The van der Waals surface area contributed by atoms with E-state index < -0.39 is 25.1 Å². The molecule has 3 atom stereocenters. The Hall–Kier alpha value is -0.180. The minimum Gasteiger partial charge on any atom is -0.315 e. The van der Waals surface area contributed by atoms with E-state index in [-0.39, 0.29) is 24.0 Å². The molecule has 0 aromatic heterocycles. The number of fused-ring (bicyclic) bond motifs is 1. The van der Waals surface area contributed by atoms with Gasteiger partial charge in [0, 0.05) is 19.1 Å². The lowest BCUT2D eigenvalue weighted by atomic mass is 10.1. The first-order chi connectivity index (χ1) is 8.40. The Labute approximate surface area is 108 Å². The zero-order valence-corrected chi connectivity index (χ0v) is 11.7. The smallest absolute Gasteiger partial charge is 0.218 e. The molecule has 3 rings (SSSR count). The molecular weight excluding hydrogens is 276 g/mol. The molecule has 3 heterocycles. The minimum atomic E-state index is -3.45. The Balaban J connectivity index is 1.83. The highest BCUT2D eigenvalue weighted by Crippen LogP contribution is 2.33. The normalized spacial score (nSPS) is 40.1. The van der Waals surface area contributed by atoms with Crippen molar-refractivity contribution in [3.05, 3.63) is 0 Å². The number of nitrogens with zero attached hydrogens (tertiary/aromatic N) is 1. The zero-order valence-electron chi connectivity index (χ0n) is 10.1. The van der Waals surface area contributed by atoms with E-state index in [1.807, 2.05) is 0 Å². The molecule has 0 bridgehead atoms. The number of sulfone groups is 1. The molecule has 0 aromatic carbocycles. The van der Waals surface area contributed by atoms with Crippen molar-refractivity contribution in [2.24, 2.45) is 5.92 Å². The van der Waals surface area contributed by atoms with Crippen LogP contribution in [0.25, 0.3) is 0 Å². The third kappa shape index (κ3) is 1.99. The van der Waals surface area contributed by atoms with E-state index in [9.17, 15) is 16.8 Å². The van der Waals surface area contributed by atoms with Crippen molar-refractivity contribution in [1.29, 1.82) is 0 Å². The molecule has 8 heteroatoms. The van der Waals surface area contributed by atoms with Gasteiger partial charge in [0.2, 0.25) is 10.0 Å². The van der Waals surface area contributed by atoms with Crippen LogP contribution in [-0.2, 0) is 19.9 Å². The molecule has 0 saturated carbocycles. The van der Waals surface area contributed by atoms with Gasteiger partial charge in [-0.2, -0.15) is 4.31 Å². The van der Waals surface area contributed by atoms with Crippen molar-refractivity contribution in [3.8, 4) is 0 Å². The highest BCUT2D eigenvalue weighted by atomic mass is 32.2. The molecular formula is C10H18N2O4S2. The minimum absolute atomic E-state index is 0.0110. The second kappa shape index (κ2) is 4.16. The van der Waals surface area contributed by atoms with Gasteiger partial charge in [0.25, 0.3) is 0 Å². The molecule has 18 heavy (non-hydrogen) atoms. The molecule has 0 radical (unpaired) electrons. The lowest BCUT2D eigenvalue weighted by Gasteiger charge is -2.25. The maximum absolute atomic E-state index is 12.5. The Bertz CT molecular complexity index is 542. The van der Waals surface area contributed by atoms with Crippen molar-refractivity contribution >= 4 is 19.9 Å². The number of rotatable bonds is 2. The highest BCUT2D eigenvalue weighted by molar-refractivity contribution is 7.95. The molecule has 3 fully saturated rings. The summed E-state index contributed by atoms with van der Waals surface area (Å²) in [5, 5.41) is 2.49. The van der Waals surface area contributed by atoms with Gasteiger partial charge < -0.3 is 5.32 Å². The standard InChI is InChI=1S/C10H18N2O4S2/c13-17(14)4-2-9(7-17)18(15,16)12-3-1-8-5-11-6-10(8)12/h8-11H,1-7H2/t8-,9?,10+/m0/s1. The summed E-state index contributed by atoms with van der Waals surface area (Å²) in [5.41, 5.74) is 0. The van der Waals surface area contributed by atoms with Crippen LogP contribution in [0.2, 0.25) is 0 Å². The van der Waals surface area contributed by atoms with Gasteiger partial charge in [0.05, 0.1) is 16.8 Å². The zero-order chi connectivity index (χ0) is 13.0. The first-order valence-corrected chi connectivity index (χ1v) is 9.64. The van der Waals surface area contributed by atoms with Crippen LogP contribution in [0.4, 0.5) is 0 Å². The van der Waals surface area contributed by atoms with E-state index in [0.29, 0.717) is 19.0 Å². The third-order valence-corrected chi connectivity index (χ3v) is 8.66. The van der Waals surface area contributed by atoms with Crippen molar-refractivity contribution in [2.45, 2.75) is 24.1 Å². The quantitative estimate of drug-likeness (QED) is 0.691. The molecule has 6 nitrogen and oxygen atoms in total. The predicted octanol–water partition coefficient (Wildman–Crippen LogP) is -1.20. The first kappa shape index (κ1) is 12.8. The first-order valence-electron chi connectivity index (χ1n) is 6.32. The van der Waals surface area contributed by atoms with Crippen molar-refractivity contribution in [3.63, 3.8) is 0 Å². The summed E-state index contributed by atoms with van der Waals surface area (Å²) in [5.74, 6) is 0.214. The monoisotopic (exact) mass is 294 g/mol. The summed E-state index contributed by atoms with van der Waals surface area (Å²) in [6.45, 7) is 2.12. The maximum Gasteiger partial charge on any atom is 0.218 e. The Morgan fingerprint density at radius 3 is 2.61 bits per heavy atom. The van der Waals surface area contributed by atoms with Crippen LogP contribution in [0.15, 0.2) is 0 Å². The van der Waals surface area contributed by atoms with Crippen LogP contribution in [-0.4, -0.2) is 63.6 Å². The summed E-state index contributed by atoms with van der Waals surface area (Å²) < 4.78 is 49.4. The second-order valence-electron chi connectivity index (χ2n) is 5.46. The van der Waals surface area contributed by atoms with E-state index in [1.54, 1.807) is 4.31 Å². The molecule has 3 aliphatic rings. The van der Waals surface area contributed by atoms with E-state index in [0.717, 1.165) is 13.0 Å². The molecule has 1 N–H and O–H groups in total. The fraction of sp³-hybridized carbons (Fsp3) is 1.00. The summed E-state index contributed by atoms with van der Waals surface area (Å²) in [4.78, 5) is 0. The number of sulfonamides is 1. The van der Waals surface area contributed by atoms with E-state index in [2.05, 4.69) is 5.32 Å². The lowest BCUT2D eigenvalue weighted by Crippen LogP contribution is -2.44. The Morgan fingerprint density at radius 2 is 1.94 bits per heavy atom. The molecule has 0 spiro atoms. The Morgan fingerprint density at radius 1 is 1.17 bits per heavy atom. The average molecular weight is 294 g/mol. The molecule has 104 valence electrons. The van der Waals surface area contributed by atoms with E-state index in [4.69, 9.17) is 0 Å².